The minimum atomic E-state index is -0.764. The Bertz CT molecular complexity index is 810. The molecule has 0 N–H and O–H groups in total. The number of pyridine rings is 1. The van der Waals surface area contributed by atoms with Crippen LogP contribution in [-0.4, -0.2) is 59.6 Å². The van der Waals surface area contributed by atoms with Gasteiger partial charge in [0.15, 0.2) is 0 Å². The van der Waals surface area contributed by atoms with E-state index >= 15 is 0 Å². The molecular formula is C21H32BClN2O5. The molecule has 0 aromatic carbocycles. The summed E-state index contributed by atoms with van der Waals surface area (Å²) in [6, 6.07) is 3.64. The molecule has 2 fully saturated rings. The van der Waals surface area contributed by atoms with E-state index in [0.29, 0.717) is 30.4 Å². The van der Waals surface area contributed by atoms with Crippen LogP contribution in [0.5, 0.6) is 0 Å². The molecule has 30 heavy (non-hydrogen) atoms. The fraction of sp³-hybridized carbons (Fsp3) is 0.714. The number of carbonyl (C=O) groups is 1. The van der Waals surface area contributed by atoms with Crippen LogP contribution in [0.3, 0.4) is 0 Å². The highest BCUT2D eigenvalue weighted by Gasteiger charge is 2.52. The number of nitrogens with zero attached hydrogens (tertiary/aromatic N) is 2. The van der Waals surface area contributed by atoms with Gasteiger partial charge in [0, 0.05) is 6.54 Å². The third-order valence-electron chi connectivity index (χ3n) is 5.85. The smallest absolute Gasteiger partial charge is 0.444 e. The van der Waals surface area contributed by atoms with Gasteiger partial charge in [-0.1, -0.05) is 11.6 Å². The van der Waals surface area contributed by atoms with Gasteiger partial charge in [0.1, 0.15) is 16.4 Å². The topological polar surface area (TPSA) is 70.1 Å². The third kappa shape index (κ3) is 4.77. The van der Waals surface area contributed by atoms with Gasteiger partial charge in [0.2, 0.25) is 0 Å². The SMILES string of the molecule is CC(C)(C)OC(=O)N1CCOC(C)(c2cc(Cl)nc(B3OC(C)(C)C(C)(C)O3)c2)C1. The van der Waals surface area contributed by atoms with Crippen LogP contribution in [0.4, 0.5) is 4.79 Å². The third-order valence-corrected chi connectivity index (χ3v) is 6.04. The first-order valence-electron chi connectivity index (χ1n) is 10.3. The number of halogens is 1. The van der Waals surface area contributed by atoms with Gasteiger partial charge < -0.3 is 23.7 Å². The first kappa shape index (κ1) is 23.3. The normalized spacial score (nSPS) is 26.0. The van der Waals surface area contributed by atoms with E-state index in [9.17, 15) is 4.79 Å². The molecule has 0 bridgehead atoms. The molecule has 2 saturated heterocycles. The second-order valence-electron chi connectivity index (χ2n) is 10.2. The number of rotatable bonds is 2. The second-order valence-corrected chi connectivity index (χ2v) is 10.6. The Balaban J connectivity index is 1.86. The molecule has 1 aromatic heterocycles. The van der Waals surface area contributed by atoms with Crippen molar-refractivity contribution in [1.82, 2.24) is 9.88 Å². The number of aromatic nitrogens is 1. The van der Waals surface area contributed by atoms with E-state index in [2.05, 4.69) is 4.98 Å². The zero-order valence-electron chi connectivity index (χ0n) is 19.2. The maximum Gasteiger partial charge on any atom is 0.514 e. The number of amides is 1. The van der Waals surface area contributed by atoms with E-state index in [4.69, 9.17) is 30.4 Å². The molecule has 1 aromatic rings. The van der Waals surface area contributed by atoms with Gasteiger partial charge in [-0.05, 0) is 73.1 Å². The summed E-state index contributed by atoms with van der Waals surface area (Å²) in [7, 11) is -0.637. The predicted molar refractivity (Wildman–Crippen MR) is 116 cm³/mol. The molecule has 1 atom stereocenters. The van der Waals surface area contributed by atoms with Crippen molar-refractivity contribution in [3.05, 3.63) is 22.8 Å². The van der Waals surface area contributed by atoms with Crippen molar-refractivity contribution < 1.29 is 23.6 Å². The summed E-state index contributed by atoms with van der Waals surface area (Å²) in [6.45, 7) is 16.6. The molecule has 166 valence electrons. The quantitative estimate of drug-likeness (QED) is 0.520. The summed E-state index contributed by atoms with van der Waals surface area (Å²) in [5, 5.41) is 0.316. The Morgan fingerprint density at radius 1 is 1.17 bits per heavy atom. The van der Waals surface area contributed by atoms with Crippen LogP contribution in [0.25, 0.3) is 0 Å². The van der Waals surface area contributed by atoms with Gasteiger partial charge in [0.05, 0.1) is 29.9 Å². The van der Waals surface area contributed by atoms with Crippen molar-refractivity contribution in [2.24, 2.45) is 0 Å². The molecule has 3 rings (SSSR count). The van der Waals surface area contributed by atoms with Crippen molar-refractivity contribution >= 4 is 30.4 Å². The van der Waals surface area contributed by atoms with Crippen LogP contribution >= 0.6 is 11.6 Å². The van der Waals surface area contributed by atoms with Gasteiger partial charge in [-0.25, -0.2) is 9.78 Å². The molecule has 7 nitrogen and oxygen atoms in total. The van der Waals surface area contributed by atoms with Gasteiger partial charge >= 0.3 is 13.2 Å². The van der Waals surface area contributed by atoms with E-state index in [0.717, 1.165) is 5.56 Å². The monoisotopic (exact) mass is 438 g/mol. The van der Waals surface area contributed by atoms with Crippen molar-refractivity contribution in [2.75, 3.05) is 19.7 Å². The first-order chi connectivity index (χ1) is 13.6. The highest BCUT2D eigenvalue weighted by Crippen LogP contribution is 2.37. The summed E-state index contributed by atoms with van der Waals surface area (Å²) in [5.74, 6) is 0. The summed E-state index contributed by atoms with van der Waals surface area (Å²) in [4.78, 5) is 18.7. The lowest BCUT2D eigenvalue weighted by Crippen LogP contribution is -2.52. The molecule has 2 aliphatic heterocycles. The van der Waals surface area contributed by atoms with Crippen LogP contribution in [0.15, 0.2) is 12.1 Å². The number of hydrogen-bond acceptors (Lipinski definition) is 6. The second kappa shape index (κ2) is 7.66. The highest BCUT2D eigenvalue weighted by atomic mass is 35.5. The predicted octanol–water partition coefficient (Wildman–Crippen LogP) is 3.52. The maximum absolute atomic E-state index is 12.6. The van der Waals surface area contributed by atoms with Crippen molar-refractivity contribution in [2.45, 2.75) is 77.8 Å². The molecule has 0 aliphatic carbocycles. The Morgan fingerprint density at radius 3 is 2.33 bits per heavy atom. The average Bonchev–Trinajstić information content (AvgIpc) is 2.81. The zero-order chi connectivity index (χ0) is 22.5. The molecule has 2 aliphatic rings. The standard InChI is InChI=1S/C21H32BClN2O5/c1-18(2,3)28-17(26)25-9-10-27-21(8,13-25)14-11-15(24-16(23)12-14)22-29-19(4,5)20(6,7)30-22/h11-12H,9-10,13H2,1-8H3. The van der Waals surface area contributed by atoms with Gasteiger partial charge in [-0.2, -0.15) is 0 Å². The van der Waals surface area contributed by atoms with Crippen LogP contribution in [0.1, 0.15) is 61.0 Å². The number of ether oxygens (including phenoxy) is 2. The fourth-order valence-corrected chi connectivity index (χ4v) is 3.65. The van der Waals surface area contributed by atoms with Gasteiger partial charge in [0.25, 0.3) is 0 Å². The lowest BCUT2D eigenvalue weighted by atomic mass is 9.81. The molecule has 0 radical (unpaired) electrons. The Morgan fingerprint density at radius 2 is 1.77 bits per heavy atom. The Kier molecular flexibility index (Phi) is 5.95. The summed E-state index contributed by atoms with van der Waals surface area (Å²) < 4.78 is 23.9. The zero-order valence-corrected chi connectivity index (χ0v) is 19.9. The lowest BCUT2D eigenvalue weighted by molar-refractivity contribution is -0.103. The number of hydrogen-bond donors (Lipinski definition) is 0. The molecular weight excluding hydrogens is 407 g/mol. The van der Waals surface area contributed by atoms with Gasteiger partial charge in [-0.15, -0.1) is 0 Å². The summed E-state index contributed by atoms with van der Waals surface area (Å²) in [6.07, 6.45) is -0.358. The number of carbonyl (C=O) groups excluding carboxylic acids is 1. The van der Waals surface area contributed by atoms with E-state index in [1.807, 2.05) is 61.5 Å². The minimum absolute atomic E-state index is 0.316. The molecule has 0 saturated carbocycles. The largest absolute Gasteiger partial charge is 0.514 e. The van der Waals surface area contributed by atoms with E-state index in [-0.39, 0.29) is 6.09 Å². The number of morpholine rings is 1. The molecule has 1 unspecified atom stereocenters. The highest BCUT2D eigenvalue weighted by molar-refractivity contribution is 6.61. The molecule has 0 spiro atoms. The Labute approximate surface area is 184 Å². The average molecular weight is 439 g/mol. The van der Waals surface area contributed by atoms with Crippen molar-refractivity contribution in [1.29, 1.82) is 0 Å². The van der Waals surface area contributed by atoms with Crippen LogP contribution in [0, 0.1) is 0 Å². The first-order valence-corrected chi connectivity index (χ1v) is 10.7. The van der Waals surface area contributed by atoms with Gasteiger partial charge in [-0.3, -0.25) is 0 Å². The summed E-state index contributed by atoms with van der Waals surface area (Å²) >= 11 is 6.35. The molecule has 1 amide bonds. The summed E-state index contributed by atoms with van der Waals surface area (Å²) in [5.41, 5.74) is -0.910. The maximum atomic E-state index is 12.6. The van der Waals surface area contributed by atoms with Crippen LogP contribution in [0.2, 0.25) is 5.15 Å². The lowest BCUT2D eigenvalue weighted by Gasteiger charge is -2.41. The van der Waals surface area contributed by atoms with E-state index in [1.165, 1.54) is 0 Å². The van der Waals surface area contributed by atoms with Crippen LogP contribution < -0.4 is 5.59 Å². The molecule has 9 heteroatoms. The minimum Gasteiger partial charge on any atom is -0.444 e. The molecule has 3 heterocycles. The van der Waals surface area contributed by atoms with Crippen molar-refractivity contribution in [3.63, 3.8) is 0 Å². The fourth-order valence-electron chi connectivity index (χ4n) is 3.43. The van der Waals surface area contributed by atoms with Crippen LogP contribution in [-0.2, 0) is 24.4 Å². The van der Waals surface area contributed by atoms with E-state index in [1.54, 1.807) is 11.0 Å². The van der Waals surface area contributed by atoms with E-state index < -0.39 is 29.5 Å². The Hall–Kier alpha value is -1.35. The van der Waals surface area contributed by atoms with Crippen molar-refractivity contribution in [3.8, 4) is 0 Å².